The van der Waals surface area contributed by atoms with Crippen LogP contribution in [0.1, 0.15) is 16.8 Å². The van der Waals surface area contributed by atoms with Crippen molar-refractivity contribution in [2.24, 2.45) is 0 Å². The molecule has 2 N–H and O–H groups in total. The van der Waals surface area contributed by atoms with E-state index < -0.39 is 17.9 Å². The Bertz CT molecular complexity index is 640. The molecule has 20 heavy (non-hydrogen) atoms. The Labute approximate surface area is 114 Å². The average molecular weight is 276 g/mol. The third kappa shape index (κ3) is 1.70. The Hall–Kier alpha value is -2.57. The van der Waals surface area contributed by atoms with Gasteiger partial charge in [0.05, 0.1) is 24.9 Å². The third-order valence-electron chi connectivity index (χ3n) is 3.51. The zero-order valence-corrected chi connectivity index (χ0v) is 10.7. The van der Waals surface area contributed by atoms with Gasteiger partial charge in [-0.2, -0.15) is 0 Å². The van der Waals surface area contributed by atoms with Crippen molar-refractivity contribution in [1.82, 2.24) is 4.90 Å². The van der Waals surface area contributed by atoms with E-state index in [-0.39, 0.29) is 41.5 Å². The van der Waals surface area contributed by atoms with Crippen molar-refractivity contribution >= 4 is 23.3 Å². The number of benzene rings is 1. The fraction of sp³-hybridized carbons (Fsp3) is 0.308. The van der Waals surface area contributed by atoms with E-state index in [0.29, 0.717) is 0 Å². The summed E-state index contributed by atoms with van der Waals surface area (Å²) in [4.78, 5) is 37.2. The molecule has 1 aromatic rings. The van der Waals surface area contributed by atoms with Crippen molar-refractivity contribution < 1.29 is 24.2 Å². The molecule has 1 saturated heterocycles. The average Bonchev–Trinajstić information content (AvgIpc) is 2.77. The van der Waals surface area contributed by atoms with Gasteiger partial charge < -0.3 is 20.1 Å². The SMILES string of the molecule is COc1cc2c(cc1O)NC(=O)C1CC(=O)CN1C2=O. The van der Waals surface area contributed by atoms with Crippen LogP contribution in [0.4, 0.5) is 5.69 Å². The van der Waals surface area contributed by atoms with Crippen molar-refractivity contribution in [3.63, 3.8) is 0 Å². The number of amides is 2. The number of methoxy groups -OCH3 is 1. The van der Waals surface area contributed by atoms with Gasteiger partial charge in [-0.1, -0.05) is 0 Å². The number of carbonyl (C=O) groups excluding carboxylic acids is 3. The van der Waals surface area contributed by atoms with Crippen LogP contribution in [0.25, 0.3) is 0 Å². The monoisotopic (exact) mass is 276 g/mol. The standard InChI is InChI=1S/C13H12N2O5/c1-20-11-3-7-8(4-10(11)17)14-12(18)9-2-6(16)5-15(9)13(7)19/h3-4,9,17H,2,5H2,1H3,(H,14,18). The number of fused-ring (bicyclic) bond motifs is 2. The highest BCUT2D eigenvalue weighted by atomic mass is 16.5. The molecule has 7 heteroatoms. The molecule has 1 fully saturated rings. The highest BCUT2D eigenvalue weighted by Crippen LogP contribution is 2.36. The van der Waals surface area contributed by atoms with Gasteiger partial charge in [-0.15, -0.1) is 0 Å². The molecule has 2 amide bonds. The van der Waals surface area contributed by atoms with E-state index in [4.69, 9.17) is 4.74 Å². The van der Waals surface area contributed by atoms with Crippen molar-refractivity contribution in [2.45, 2.75) is 12.5 Å². The first-order valence-electron chi connectivity index (χ1n) is 6.06. The normalized spacial score (nSPS) is 21.1. The molecular formula is C13H12N2O5. The van der Waals surface area contributed by atoms with Gasteiger partial charge in [0, 0.05) is 12.5 Å². The molecule has 7 nitrogen and oxygen atoms in total. The molecule has 0 radical (unpaired) electrons. The van der Waals surface area contributed by atoms with E-state index in [0.717, 1.165) is 0 Å². The highest BCUT2D eigenvalue weighted by molar-refractivity contribution is 6.13. The summed E-state index contributed by atoms with van der Waals surface area (Å²) in [5.41, 5.74) is 0.422. The molecule has 0 saturated carbocycles. The summed E-state index contributed by atoms with van der Waals surface area (Å²) in [7, 11) is 1.36. The minimum Gasteiger partial charge on any atom is -0.504 e. The molecule has 2 heterocycles. The molecule has 1 atom stereocenters. The lowest BCUT2D eigenvalue weighted by Crippen LogP contribution is -2.40. The molecule has 2 aliphatic heterocycles. The predicted octanol–water partition coefficient (Wildman–Crippen LogP) is 0.136. The van der Waals surface area contributed by atoms with Gasteiger partial charge in [0.25, 0.3) is 5.91 Å². The quantitative estimate of drug-likeness (QED) is 0.760. The first-order chi connectivity index (χ1) is 9.51. The Morgan fingerprint density at radius 1 is 1.35 bits per heavy atom. The van der Waals surface area contributed by atoms with Crippen LogP contribution in [0.5, 0.6) is 11.5 Å². The molecule has 0 spiro atoms. The van der Waals surface area contributed by atoms with Crippen molar-refractivity contribution in [1.29, 1.82) is 0 Å². The lowest BCUT2D eigenvalue weighted by atomic mass is 10.1. The summed E-state index contributed by atoms with van der Waals surface area (Å²) >= 11 is 0. The largest absolute Gasteiger partial charge is 0.504 e. The summed E-state index contributed by atoms with van der Waals surface area (Å²) in [6.07, 6.45) is 0.0225. The minimum absolute atomic E-state index is 0.0225. The summed E-state index contributed by atoms with van der Waals surface area (Å²) < 4.78 is 4.96. The maximum atomic E-state index is 12.4. The second-order valence-electron chi connectivity index (χ2n) is 4.75. The van der Waals surface area contributed by atoms with Gasteiger partial charge in [0.1, 0.15) is 6.04 Å². The zero-order valence-electron chi connectivity index (χ0n) is 10.7. The van der Waals surface area contributed by atoms with Crippen LogP contribution < -0.4 is 10.1 Å². The number of Topliss-reactive ketones (excluding diaryl/α,β-unsaturated/α-hetero) is 1. The topological polar surface area (TPSA) is 95.9 Å². The molecule has 0 bridgehead atoms. The number of nitrogens with zero attached hydrogens (tertiary/aromatic N) is 1. The highest BCUT2D eigenvalue weighted by Gasteiger charge is 2.42. The maximum Gasteiger partial charge on any atom is 0.257 e. The minimum atomic E-state index is -0.782. The van der Waals surface area contributed by atoms with Crippen LogP contribution in [-0.4, -0.2) is 47.3 Å². The Balaban J connectivity index is 2.13. The van der Waals surface area contributed by atoms with Crippen LogP contribution in [0.3, 0.4) is 0 Å². The third-order valence-corrected chi connectivity index (χ3v) is 3.51. The molecule has 1 aromatic carbocycles. The van der Waals surface area contributed by atoms with Crippen molar-refractivity contribution in [3.8, 4) is 11.5 Å². The number of ketones is 1. The van der Waals surface area contributed by atoms with Crippen LogP contribution in [0.15, 0.2) is 12.1 Å². The Kier molecular flexibility index (Phi) is 2.63. The number of ether oxygens (including phenoxy) is 1. The number of aromatic hydroxyl groups is 1. The number of hydrogen-bond donors (Lipinski definition) is 2. The summed E-state index contributed by atoms with van der Waals surface area (Å²) in [6, 6.07) is 1.85. The number of carbonyl (C=O) groups is 3. The van der Waals surface area contributed by atoms with Gasteiger partial charge >= 0.3 is 0 Å². The summed E-state index contributed by atoms with van der Waals surface area (Å²) in [6.45, 7) is -0.0699. The van der Waals surface area contributed by atoms with E-state index in [2.05, 4.69) is 5.32 Å². The van der Waals surface area contributed by atoms with Gasteiger partial charge in [-0.25, -0.2) is 0 Å². The lowest BCUT2D eigenvalue weighted by molar-refractivity contribution is -0.121. The van der Waals surface area contributed by atoms with Crippen LogP contribution in [0, 0.1) is 0 Å². The molecule has 0 aliphatic carbocycles. The van der Waals surface area contributed by atoms with Crippen LogP contribution in [-0.2, 0) is 9.59 Å². The molecule has 2 aliphatic rings. The summed E-state index contributed by atoms with van der Waals surface area (Å²) in [5.74, 6) is -1.03. The number of hydrogen-bond acceptors (Lipinski definition) is 5. The van der Waals surface area contributed by atoms with Crippen LogP contribution >= 0.6 is 0 Å². The molecule has 3 rings (SSSR count). The van der Waals surface area contributed by atoms with Gasteiger partial charge in [-0.05, 0) is 6.07 Å². The molecule has 104 valence electrons. The molecular weight excluding hydrogens is 264 g/mol. The number of anilines is 1. The fourth-order valence-corrected chi connectivity index (χ4v) is 2.52. The number of phenolic OH excluding ortho intramolecular Hbond substituents is 1. The number of nitrogens with one attached hydrogen (secondary N) is 1. The van der Waals surface area contributed by atoms with E-state index >= 15 is 0 Å². The van der Waals surface area contributed by atoms with Crippen molar-refractivity contribution in [3.05, 3.63) is 17.7 Å². The zero-order chi connectivity index (χ0) is 14.4. The second-order valence-corrected chi connectivity index (χ2v) is 4.75. The Morgan fingerprint density at radius 2 is 2.10 bits per heavy atom. The Morgan fingerprint density at radius 3 is 2.80 bits per heavy atom. The number of rotatable bonds is 1. The van der Waals surface area contributed by atoms with E-state index in [1.165, 1.54) is 24.1 Å². The van der Waals surface area contributed by atoms with Gasteiger partial charge in [0.2, 0.25) is 5.91 Å². The first kappa shape index (κ1) is 12.5. The van der Waals surface area contributed by atoms with E-state index in [9.17, 15) is 19.5 Å². The maximum absolute atomic E-state index is 12.4. The van der Waals surface area contributed by atoms with Gasteiger partial charge in [0.15, 0.2) is 17.3 Å². The number of phenols is 1. The smallest absolute Gasteiger partial charge is 0.257 e. The molecule has 0 aromatic heterocycles. The van der Waals surface area contributed by atoms with E-state index in [1.807, 2.05) is 0 Å². The molecule has 1 unspecified atom stereocenters. The predicted molar refractivity (Wildman–Crippen MR) is 67.7 cm³/mol. The van der Waals surface area contributed by atoms with Crippen LogP contribution in [0.2, 0.25) is 0 Å². The summed E-state index contributed by atoms with van der Waals surface area (Å²) in [5, 5.41) is 12.3. The van der Waals surface area contributed by atoms with Gasteiger partial charge in [-0.3, -0.25) is 14.4 Å². The second kappa shape index (κ2) is 4.22. The lowest BCUT2D eigenvalue weighted by Gasteiger charge is -2.18. The first-order valence-corrected chi connectivity index (χ1v) is 6.06. The fourth-order valence-electron chi connectivity index (χ4n) is 2.52. The van der Waals surface area contributed by atoms with Crippen molar-refractivity contribution in [2.75, 3.05) is 19.0 Å². The van der Waals surface area contributed by atoms with E-state index in [1.54, 1.807) is 0 Å².